The van der Waals surface area contributed by atoms with E-state index in [2.05, 4.69) is 0 Å². The molecule has 0 unspecified atom stereocenters. The maximum atomic E-state index is 8.88. The van der Waals surface area contributed by atoms with Crippen molar-refractivity contribution in [2.24, 2.45) is 0 Å². The molecule has 0 aromatic rings. The fourth-order valence-electron chi connectivity index (χ4n) is 0. The molecule has 4 nitrogen and oxygen atoms in total. The van der Waals surface area contributed by atoms with Gasteiger partial charge in [0.1, 0.15) is 0 Å². The second-order valence-corrected chi connectivity index (χ2v) is 1.54. The summed E-state index contributed by atoms with van der Waals surface area (Å²) in [5.74, 6) is 0. The van der Waals surface area contributed by atoms with Gasteiger partial charge in [0.15, 0.2) is 0 Å². The van der Waals surface area contributed by atoms with Gasteiger partial charge in [-0.15, -0.1) is 0 Å². The van der Waals surface area contributed by atoms with Crippen LogP contribution in [0.15, 0.2) is 0 Å². The van der Waals surface area contributed by atoms with Crippen LogP contribution in [0.4, 0.5) is 0 Å². The Morgan fingerprint density at radius 2 is 1.14 bits per heavy atom. The van der Waals surface area contributed by atoms with Gasteiger partial charge >= 0.3 is 59.2 Å². The fraction of sp³-hybridized carbons (Fsp3) is 0. The molecule has 0 amide bonds. The molecule has 40 valence electrons. The van der Waals surface area contributed by atoms with E-state index in [-0.39, 0.29) is 72.4 Å². The maximum absolute atomic E-state index is 8.88. The normalized spacial score (nSPS) is 8.43. The molecule has 7 heavy (non-hydrogen) atoms. The SMILES string of the molecule is O=P(O)(O)O.[KH].[Mo]. The first-order chi connectivity index (χ1) is 2.00. The van der Waals surface area contributed by atoms with Crippen molar-refractivity contribution in [1.29, 1.82) is 0 Å². The van der Waals surface area contributed by atoms with Crippen LogP contribution in [0.5, 0.6) is 0 Å². The summed E-state index contributed by atoms with van der Waals surface area (Å²) in [6, 6.07) is 0. The van der Waals surface area contributed by atoms with Crippen LogP contribution in [0.2, 0.25) is 0 Å². The maximum Gasteiger partial charge on any atom is 0 e. The van der Waals surface area contributed by atoms with Crippen LogP contribution in [-0.4, -0.2) is 66.1 Å². The van der Waals surface area contributed by atoms with Crippen LogP contribution in [0.3, 0.4) is 0 Å². The molecule has 0 heterocycles. The van der Waals surface area contributed by atoms with Gasteiger partial charge in [-0.3, -0.25) is 0 Å². The first kappa shape index (κ1) is 16.2. The predicted octanol–water partition coefficient (Wildman–Crippen LogP) is -1.58. The largest absolute Gasteiger partial charge is 0 e. The van der Waals surface area contributed by atoms with Crippen molar-refractivity contribution in [3.63, 3.8) is 0 Å². The van der Waals surface area contributed by atoms with Gasteiger partial charge in [-0.05, 0) is 0 Å². The molecule has 0 aliphatic rings. The van der Waals surface area contributed by atoms with Crippen LogP contribution < -0.4 is 0 Å². The van der Waals surface area contributed by atoms with Gasteiger partial charge in [0.25, 0.3) is 0 Å². The van der Waals surface area contributed by atoms with E-state index < -0.39 is 7.82 Å². The topological polar surface area (TPSA) is 77.8 Å². The van der Waals surface area contributed by atoms with Gasteiger partial charge in [-0.25, -0.2) is 4.57 Å². The Balaban J connectivity index is -0.0000000800. The molecule has 0 bridgehead atoms. The quantitative estimate of drug-likeness (QED) is 0.349. The van der Waals surface area contributed by atoms with Crippen molar-refractivity contribution in [2.75, 3.05) is 0 Å². The monoisotopic (exact) mass is 236 g/mol. The molecule has 7 heteroatoms. The van der Waals surface area contributed by atoms with E-state index in [1.165, 1.54) is 0 Å². The minimum atomic E-state index is -4.64. The Labute approximate surface area is 97.6 Å². The van der Waals surface area contributed by atoms with Crippen molar-refractivity contribution < 1.29 is 40.3 Å². The Morgan fingerprint density at radius 1 is 1.14 bits per heavy atom. The third kappa shape index (κ3) is 58.9. The molecule has 0 atom stereocenters. The summed E-state index contributed by atoms with van der Waals surface area (Å²) in [6.07, 6.45) is 0. The zero-order chi connectivity index (χ0) is 4.50. The fourth-order valence-corrected chi connectivity index (χ4v) is 0. The molecule has 0 radical (unpaired) electrons. The molecule has 0 aliphatic heterocycles. The summed E-state index contributed by atoms with van der Waals surface area (Å²) in [5, 5.41) is 0. The molecule has 0 saturated carbocycles. The number of hydrogen-bond acceptors (Lipinski definition) is 1. The molecule has 0 saturated heterocycles. The van der Waals surface area contributed by atoms with Crippen LogP contribution >= 0.6 is 7.82 Å². The van der Waals surface area contributed by atoms with Gasteiger partial charge in [0, 0.05) is 21.1 Å². The molecule has 0 fully saturated rings. The van der Waals surface area contributed by atoms with E-state index in [1.54, 1.807) is 0 Å². The second kappa shape index (κ2) is 6.55. The van der Waals surface area contributed by atoms with E-state index in [0.29, 0.717) is 0 Å². The van der Waals surface area contributed by atoms with Gasteiger partial charge in [-0.2, -0.15) is 0 Å². The molecule has 0 aromatic carbocycles. The van der Waals surface area contributed by atoms with Crippen molar-refractivity contribution in [2.45, 2.75) is 0 Å². The first-order valence-electron chi connectivity index (χ1n) is 0.783. The average Bonchev–Trinajstić information content (AvgIpc) is 0.722. The Kier molecular flexibility index (Phi) is 15.2. The molecular formula is H4KMoO4P. The number of rotatable bonds is 0. The Bertz CT molecular complexity index is 57.8. The molecular weight excluding hydrogens is 230 g/mol. The van der Waals surface area contributed by atoms with Crippen molar-refractivity contribution in [1.82, 2.24) is 0 Å². The average molecular weight is 234 g/mol. The molecule has 0 aromatic heterocycles. The van der Waals surface area contributed by atoms with Gasteiger partial charge < -0.3 is 14.7 Å². The van der Waals surface area contributed by atoms with Gasteiger partial charge in [-0.1, -0.05) is 0 Å². The zero-order valence-electron chi connectivity index (χ0n) is 2.61. The van der Waals surface area contributed by atoms with Crippen LogP contribution in [0.25, 0.3) is 0 Å². The van der Waals surface area contributed by atoms with Crippen molar-refractivity contribution >= 4 is 59.2 Å². The second-order valence-electron chi connectivity index (χ2n) is 0.513. The summed E-state index contributed by atoms with van der Waals surface area (Å²) in [5.41, 5.74) is 0. The Hall–Kier alpha value is 2.43. The molecule has 0 spiro atoms. The van der Waals surface area contributed by atoms with Crippen LogP contribution in [0, 0.1) is 0 Å². The van der Waals surface area contributed by atoms with Gasteiger partial charge in [0.2, 0.25) is 0 Å². The summed E-state index contributed by atoms with van der Waals surface area (Å²) < 4.78 is 8.88. The minimum Gasteiger partial charge on any atom is 0 e. The Morgan fingerprint density at radius 3 is 1.14 bits per heavy atom. The van der Waals surface area contributed by atoms with Crippen LogP contribution in [0.1, 0.15) is 0 Å². The standard InChI is InChI=1S/K.Mo.H3O4P.H/c;;1-5(2,3)4;/h;;(H3,1,2,3,4);. The molecule has 0 rings (SSSR count). The van der Waals surface area contributed by atoms with Crippen molar-refractivity contribution in [3.05, 3.63) is 0 Å². The smallest absolute Gasteiger partial charge is 0 e. The third-order valence-electron chi connectivity index (χ3n) is 0. The predicted molar refractivity (Wildman–Crippen MR) is 21.4 cm³/mol. The summed E-state index contributed by atoms with van der Waals surface area (Å²) in [4.78, 5) is 21.6. The number of phosphoric acid groups is 1. The zero-order valence-corrected chi connectivity index (χ0v) is 5.51. The van der Waals surface area contributed by atoms with E-state index >= 15 is 0 Å². The van der Waals surface area contributed by atoms with Crippen molar-refractivity contribution in [3.8, 4) is 0 Å². The van der Waals surface area contributed by atoms with E-state index in [0.717, 1.165) is 0 Å². The minimum absolute atomic E-state index is 0. The van der Waals surface area contributed by atoms with E-state index in [9.17, 15) is 0 Å². The summed E-state index contributed by atoms with van der Waals surface area (Å²) in [6.45, 7) is 0. The molecule has 0 aliphatic carbocycles. The first-order valence-corrected chi connectivity index (χ1v) is 2.35. The number of hydrogen-bond donors (Lipinski definition) is 3. The van der Waals surface area contributed by atoms with E-state index in [1.807, 2.05) is 0 Å². The summed E-state index contributed by atoms with van der Waals surface area (Å²) >= 11 is 0. The van der Waals surface area contributed by atoms with E-state index in [4.69, 9.17) is 19.2 Å². The third-order valence-corrected chi connectivity index (χ3v) is 0. The van der Waals surface area contributed by atoms with Crippen LogP contribution in [-0.2, 0) is 25.6 Å². The summed E-state index contributed by atoms with van der Waals surface area (Å²) in [7, 11) is -4.64. The van der Waals surface area contributed by atoms with Gasteiger partial charge in [0.05, 0.1) is 0 Å². The molecule has 3 N–H and O–H groups in total.